The Balaban J connectivity index is 1.53. The summed E-state index contributed by atoms with van der Waals surface area (Å²) in [5, 5.41) is 11.3. The average Bonchev–Trinajstić information content (AvgIpc) is 3.18. The van der Waals surface area contributed by atoms with E-state index in [0.717, 1.165) is 56.1 Å². The molecule has 6 nitrogen and oxygen atoms in total. The van der Waals surface area contributed by atoms with Gasteiger partial charge in [0.1, 0.15) is 0 Å². The van der Waals surface area contributed by atoms with Crippen LogP contribution in [0.5, 0.6) is 0 Å². The Hall–Kier alpha value is -2.38. The molecule has 1 aromatic carbocycles. The molecule has 3 aromatic rings. The normalized spacial score (nSPS) is 16.1. The quantitative estimate of drug-likeness (QED) is 0.765. The van der Waals surface area contributed by atoms with Gasteiger partial charge in [0.05, 0.1) is 16.6 Å². The molecule has 1 aliphatic rings. The zero-order valence-corrected chi connectivity index (χ0v) is 15.6. The molecule has 0 spiro atoms. The van der Waals surface area contributed by atoms with Crippen molar-refractivity contribution in [3.8, 4) is 0 Å². The van der Waals surface area contributed by atoms with Gasteiger partial charge in [0.25, 0.3) is 0 Å². The van der Waals surface area contributed by atoms with Gasteiger partial charge in [-0.1, -0.05) is 6.07 Å². The van der Waals surface area contributed by atoms with Gasteiger partial charge < -0.3 is 14.6 Å². The third-order valence-electron chi connectivity index (χ3n) is 4.94. The molecule has 7 heteroatoms. The number of carboxylic acid groups (broad SMARTS) is 1. The van der Waals surface area contributed by atoms with E-state index < -0.39 is 5.97 Å². The summed E-state index contributed by atoms with van der Waals surface area (Å²) >= 11 is 1.81. The monoisotopic (exact) mass is 370 g/mol. The Morgan fingerprint density at radius 2 is 2.12 bits per heavy atom. The number of aryl methyl sites for hydroxylation is 1. The third-order valence-corrected chi connectivity index (χ3v) is 5.80. The van der Waals surface area contributed by atoms with Crippen molar-refractivity contribution in [2.75, 3.05) is 31.1 Å². The lowest BCUT2D eigenvalue weighted by Crippen LogP contribution is -2.31. The van der Waals surface area contributed by atoms with Crippen molar-refractivity contribution < 1.29 is 9.90 Å². The van der Waals surface area contributed by atoms with Crippen LogP contribution in [0, 0.1) is 0 Å². The molecule has 0 amide bonds. The molecule has 1 fully saturated rings. The number of aromatic nitrogens is 2. The minimum atomic E-state index is -0.918. The van der Waals surface area contributed by atoms with Gasteiger partial charge in [-0.2, -0.15) is 0 Å². The molecule has 0 unspecified atom stereocenters. The van der Waals surface area contributed by atoms with Crippen molar-refractivity contribution in [1.29, 1.82) is 0 Å². The minimum Gasteiger partial charge on any atom is -0.478 e. The molecule has 0 radical (unpaired) electrons. The summed E-state index contributed by atoms with van der Waals surface area (Å²) in [7, 11) is 2.00. The summed E-state index contributed by atoms with van der Waals surface area (Å²) in [5.74, 6) is -0.00129. The lowest BCUT2D eigenvalue weighted by Gasteiger charge is -2.22. The number of nitrogens with zero attached hydrogens (tertiary/aromatic N) is 4. The van der Waals surface area contributed by atoms with Gasteiger partial charge in [-0.15, -0.1) is 11.3 Å². The molecule has 0 atom stereocenters. The van der Waals surface area contributed by atoms with Crippen LogP contribution in [0.25, 0.3) is 11.0 Å². The van der Waals surface area contributed by atoms with Gasteiger partial charge in [0.2, 0.25) is 5.95 Å². The number of rotatable bonds is 4. The van der Waals surface area contributed by atoms with E-state index >= 15 is 0 Å². The van der Waals surface area contributed by atoms with Crippen LogP contribution in [0.3, 0.4) is 0 Å². The first kappa shape index (κ1) is 17.1. The lowest BCUT2D eigenvalue weighted by atomic mass is 10.2. The molecular weight excluding hydrogens is 348 g/mol. The Labute approximate surface area is 156 Å². The second-order valence-electron chi connectivity index (χ2n) is 6.68. The van der Waals surface area contributed by atoms with Crippen molar-refractivity contribution in [3.05, 3.63) is 46.2 Å². The van der Waals surface area contributed by atoms with Crippen LogP contribution in [-0.4, -0.2) is 51.7 Å². The molecule has 0 aliphatic carbocycles. The van der Waals surface area contributed by atoms with Crippen molar-refractivity contribution >= 4 is 34.3 Å². The number of thiophene rings is 1. The number of aromatic carboxylic acids is 1. The molecule has 2 aromatic heterocycles. The molecule has 1 N–H and O–H groups in total. The molecule has 0 bridgehead atoms. The second-order valence-corrected chi connectivity index (χ2v) is 7.71. The predicted octanol–water partition coefficient (Wildman–Crippen LogP) is 3.05. The highest BCUT2D eigenvalue weighted by molar-refractivity contribution is 7.09. The highest BCUT2D eigenvalue weighted by atomic mass is 32.1. The molecule has 1 aliphatic heterocycles. The van der Waals surface area contributed by atoms with Crippen LogP contribution in [-0.2, 0) is 13.6 Å². The Kier molecular flexibility index (Phi) is 4.65. The first-order valence-electron chi connectivity index (χ1n) is 8.81. The Morgan fingerprint density at radius 1 is 1.23 bits per heavy atom. The summed E-state index contributed by atoms with van der Waals surface area (Å²) < 4.78 is 2.07. The Bertz CT molecular complexity index is 919. The van der Waals surface area contributed by atoms with Gasteiger partial charge in [-0.3, -0.25) is 4.90 Å². The number of imidazole rings is 1. The Morgan fingerprint density at radius 3 is 2.88 bits per heavy atom. The number of fused-ring (bicyclic) bond motifs is 1. The summed E-state index contributed by atoms with van der Waals surface area (Å²) in [5.41, 5.74) is 1.98. The van der Waals surface area contributed by atoms with Crippen LogP contribution in [0.15, 0.2) is 35.7 Å². The van der Waals surface area contributed by atoms with Gasteiger partial charge >= 0.3 is 5.97 Å². The van der Waals surface area contributed by atoms with Crippen molar-refractivity contribution in [3.63, 3.8) is 0 Å². The highest BCUT2D eigenvalue weighted by Gasteiger charge is 2.20. The maximum atomic E-state index is 11.2. The van der Waals surface area contributed by atoms with E-state index in [4.69, 9.17) is 4.98 Å². The van der Waals surface area contributed by atoms with E-state index in [1.165, 1.54) is 4.88 Å². The van der Waals surface area contributed by atoms with Crippen molar-refractivity contribution in [2.24, 2.45) is 7.05 Å². The third kappa shape index (κ3) is 3.32. The largest absolute Gasteiger partial charge is 0.478 e. The number of hydrogen-bond donors (Lipinski definition) is 1. The van der Waals surface area contributed by atoms with Gasteiger partial charge in [0, 0.05) is 44.6 Å². The zero-order chi connectivity index (χ0) is 18.1. The zero-order valence-electron chi connectivity index (χ0n) is 14.8. The standard InChI is InChI=1S/C19H22N4O2S/c1-21-17-6-5-14(18(24)25)12-16(17)20-19(21)23-8-3-7-22(9-10-23)13-15-4-2-11-26-15/h2,4-6,11-12H,3,7-10,13H2,1H3,(H,24,25). The number of anilines is 1. The fourth-order valence-corrected chi connectivity index (χ4v) is 4.30. The predicted molar refractivity (Wildman–Crippen MR) is 104 cm³/mol. The maximum absolute atomic E-state index is 11.2. The first-order chi connectivity index (χ1) is 12.6. The summed E-state index contributed by atoms with van der Waals surface area (Å²) in [6.45, 7) is 4.98. The van der Waals surface area contributed by atoms with Crippen LogP contribution >= 0.6 is 11.3 Å². The van der Waals surface area contributed by atoms with Crippen molar-refractivity contribution in [1.82, 2.24) is 14.5 Å². The van der Waals surface area contributed by atoms with E-state index in [1.54, 1.807) is 12.1 Å². The second kappa shape index (κ2) is 7.09. The highest BCUT2D eigenvalue weighted by Crippen LogP contribution is 2.24. The van der Waals surface area contributed by atoms with Gasteiger partial charge in [-0.05, 0) is 36.1 Å². The van der Waals surface area contributed by atoms with Crippen LogP contribution in [0.1, 0.15) is 21.7 Å². The minimum absolute atomic E-state index is 0.278. The first-order valence-corrected chi connectivity index (χ1v) is 9.69. The van der Waals surface area contributed by atoms with Gasteiger partial charge in [0.15, 0.2) is 0 Å². The summed E-state index contributed by atoms with van der Waals surface area (Å²) in [4.78, 5) is 22.1. The molecule has 0 saturated carbocycles. The van der Waals surface area contributed by atoms with E-state index in [9.17, 15) is 9.90 Å². The van der Waals surface area contributed by atoms with Crippen molar-refractivity contribution in [2.45, 2.75) is 13.0 Å². The van der Waals surface area contributed by atoms with Gasteiger partial charge in [-0.25, -0.2) is 9.78 Å². The lowest BCUT2D eigenvalue weighted by molar-refractivity contribution is 0.0697. The van der Waals surface area contributed by atoms with E-state index in [0.29, 0.717) is 0 Å². The summed E-state index contributed by atoms with van der Waals surface area (Å²) in [6, 6.07) is 9.44. The molecule has 1 saturated heterocycles. The number of carboxylic acids is 1. The maximum Gasteiger partial charge on any atom is 0.335 e. The van der Waals surface area contributed by atoms with E-state index in [2.05, 4.69) is 31.9 Å². The number of hydrogen-bond acceptors (Lipinski definition) is 5. The van der Waals surface area contributed by atoms with E-state index in [1.807, 2.05) is 24.5 Å². The number of carbonyl (C=O) groups is 1. The van der Waals surface area contributed by atoms with Crippen LogP contribution in [0.4, 0.5) is 5.95 Å². The molecular formula is C19H22N4O2S. The number of benzene rings is 1. The fraction of sp³-hybridized carbons (Fsp3) is 0.368. The average molecular weight is 370 g/mol. The van der Waals surface area contributed by atoms with Crippen LogP contribution in [0.2, 0.25) is 0 Å². The molecule has 136 valence electrons. The van der Waals surface area contributed by atoms with Crippen LogP contribution < -0.4 is 4.90 Å². The molecule has 4 rings (SSSR count). The summed E-state index contributed by atoms with van der Waals surface area (Å²) in [6.07, 6.45) is 1.09. The topological polar surface area (TPSA) is 61.6 Å². The van der Waals surface area contributed by atoms with E-state index in [-0.39, 0.29) is 5.56 Å². The fourth-order valence-electron chi connectivity index (χ4n) is 3.55. The smallest absolute Gasteiger partial charge is 0.335 e. The molecule has 3 heterocycles. The SMILES string of the molecule is Cn1c(N2CCCN(Cc3cccs3)CC2)nc2cc(C(=O)O)ccc21. The molecule has 26 heavy (non-hydrogen) atoms.